The second kappa shape index (κ2) is 7.14. The van der Waals surface area contributed by atoms with E-state index >= 15 is 0 Å². The monoisotopic (exact) mass is 261 g/mol. The van der Waals surface area contributed by atoms with E-state index in [9.17, 15) is 4.79 Å². The van der Waals surface area contributed by atoms with Crippen molar-refractivity contribution in [2.75, 3.05) is 37.6 Å². The van der Waals surface area contributed by atoms with Crippen molar-refractivity contribution in [3.8, 4) is 0 Å². The van der Waals surface area contributed by atoms with Crippen molar-refractivity contribution in [2.45, 2.75) is 19.3 Å². The molecule has 0 unspecified atom stereocenters. The van der Waals surface area contributed by atoms with E-state index in [2.05, 4.69) is 29.2 Å². The van der Waals surface area contributed by atoms with Crippen molar-refractivity contribution >= 4 is 11.6 Å². The Labute approximate surface area is 115 Å². The fourth-order valence-electron chi connectivity index (χ4n) is 2.43. The summed E-state index contributed by atoms with van der Waals surface area (Å²) >= 11 is 0. The summed E-state index contributed by atoms with van der Waals surface area (Å²) in [6.07, 6.45) is 2.49. The number of nitrogens with two attached hydrogens (primary N) is 1. The number of nitrogens with zero attached hydrogens (tertiary/aromatic N) is 2. The molecule has 1 fully saturated rings. The van der Waals surface area contributed by atoms with Crippen molar-refractivity contribution in [1.29, 1.82) is 0 Å². The number of amides is 1. The van der Waals surface area contributed by atoms with Crippen LogP contribution in [0.2, 0.25) is 0 Å². The van der Waals surface area contributed by atoms with Gasteiger partial charge < -0.3 is 15.5 Å². The molecule has 0 radical (unpaired) electrons. The molecule has 1 amide bonds. The maximum Gasteiger partial charge on any atom is 0.222 e. The predicted molar refractivity (Wildman–Crippen MR) is 78.1 cm³/mol. The molecule has 2 rings (SSSR count). The molecular weight excluding hydrogens is 238 g/mol. The Morgan fingerprint density at radius 3 is 2.37 bits per heavy atom. The van der Waals surface area contributed by atoms with E-state index in [4.69, 9.17) is 5.73 Å². The molecule has 0 spiro atoms. The van der Waals surface area contributed by atoms with Crippen molar-refractivity contribution in [3.63, 3.8) is 0 Å². The van der Waals surface area contributed by atoms with Gasteiger partial charge in [0.05, 0.1) is 0 Å². The SMILES string of the molecule is NCCCCC(=O)N1CCN(c2ccccc2)CC1. The van der Waals surface area contributed by atoms with E-state index in [0.717, 1.165) is 39.0 Å². The van der Waals surface area contributed by atoms with Crippen LogP contribution in [0.25, 0.3) is 0 Å². The number of piperazine rings is 1. The zero-order valence-corrected chi connectivity index (χ0v) is 11.4. The highest BCUT2D eigenvalue weighted by Crippen LogP contribution is 2.16. The van der Waals surface area contributed by atoms with Gasteiger partial charge in [0.25, 0.3) is 0 Å². The first-order valence-corrected chi connectivity index (χ1v) is 7.09. The van der Waals surface area contributed by atoms with Crippen LogP contribution in [-0.2, 0) is 4.79 Å². The van der Waals surface area contributed by atoms with Crippen molar-refractivity contribution in [1.82, 2.24) is 4.90 Å². The molecule has 0 aliphatic carbocycles. The molecule has 1 aromatic rings. The Morgan fingerprint density at radius 2 is 1.74 bits per heavy atom. The zero-order chi connectivity index (χ0) is 13.5. The van der Waals surface area contributed by atoms with Gasteiger partial charge in [-0.15, -0.1) is 0 Å². The van der Waals surface area contributed by atoms with Gasteiger partial charge in [0.2, 0.25) is 5.91 Å². The van der Waals surface area contributed by atoms with Gasteiger partial charge in [-0.2, -0.15) is 0 Å². The average Bonchev–Trinajstić information content (AvgIpc) is 2.48. The summed E-state index contributed by atoms with van der Waals surface area (Å²) in [6, 6.07) is 10.4. The summed E-state index contributed by atoms with van der Waals surface area (Å²) < 4.78 is 0. The predicted octanol–water partition coefficient (Wildman–Crippen LogP) is 1.46. The van der Waals surface area contributed by atoms with E-state index in [-0.39, 0.29) is 5.91 Å². The minimum absolute atomic E-state index is 0.279. The Bertz CT molecular complexity index is 386. The van der Waals surface area contributed by atoms with Gasteiger partial charge in [-0.1, -0.05) is 18.2 Å². The maximum absolute atomic E-state index is 12.0. The summed E-state index contributed by atoms with van der Waals surface area (Å²) in [6.45, 7) is 4.18. The highest BCUT2D eigenvalue weighted by atomic mass is 16.2. The summed E-state index contributed by atoms with van der Waals surface area (Å²) in [4.78, 5) is 16.3. The molecular formula is C15H23N3O. The molecule has 1 aliphatic rings. The van der Waals surface area contributed by atoms with Crippen LogP contribution in [0.1, 0.15) is 19.3 Å². The fourth-order valence-corrected chi connectivity index (χ4v) is 2.43. The Kier molecular flexibility index (Phi) is 5.21. The van der Waals surface area contributed by atoms with Gasteiger partial charge in [-0.3, -0.25) is 4.79 Å². The number of carbonyl (C=O) groups excluding carboxylic acids is 1. The molecule has 4 heteroatoms. The van der Waals surface area contributed by atoms with Crippen LogP contribution in [-0.4, -0.2) is 43.5 Å². The first kappa shape index (κ1) is 13.9. The fraction of sp³-hybridized carbons (Fsp3) is 0.533. The molecule has 1 aromatic carbocycles. The highest BCUT2D eigenvalue weighted by molar-refractivity contribution is 5.76. The third kappa shape index (κ3) is 3.96. The van der Waals surface area contributed by atoms with Gasteiger partial charge >= 0.3 is 0 Å². The molecule has 1 heterocycles. The quantitative estimate of drug-likeness (QED) is 0.816. The average molecular weight is 261 g/mol. The third-order valence-electron chi connectivity index (χ3n) is 3.60. The Hall–Kier alpha value is -1.55. The molecule has 19 heavy (non-hydrogen) atoms. The topological polar surface area (TPSA) is 49.6 Å². The number of hydrogen-bond donors (Lipinski definition) is 1. The lowest BCUT2D eigenvalue weighted by atomic mass is 10.2. The van der Waals surface area contributed by atoms with Gasteiger partial charge in [-0.05, 0) is 31.5 Å². The lowest BCUT2D eigenvalue weighted by Gasteiger charge is -2.36. The van der Waals surface area contributed by atoms with E-state index in [1.165, 1.54) is 5.69 Å². The maximum atomic E-state index is 12.0. The molecule has 104 valence electrons. The number of para-hydroxylation sites is 1. The molecule has 2 N–H and O–H groups in total. The van der Waals surface area contributed by atoms with Gasteiger partial charge in [0.15, 0.2) is 0 Å². The van der Waals surface area contributed by atoms with Crippen molar-refractivity contribution < 1.29 is 4.79 Å². The second-order valence-corrected chi connectivity index (χ2v) is 4.95. The smallest absolute Gasteiger partial charge is 0.222 e. The van der Waals surface area contributed by atoms with Crippen LogP contribution < -0.4 is 10.6 Å². The number of benzene rings is 1. The normalized spacial score (nSPS) is 15.6. The van der Waals surface area contributed by atoms with Gasteiger partial charge in [0.1, 0.15) is 0 Å². The summed E-state index contributed by atoms with van der Waals surface area (Å²) in [5.41, 5.74) is 6.69. The van der Waals surface area contributed by atoms with Gasteiger partial charge in [0, 0.05) is 38.3 Å². The summed E-state index contributed by atoms with van der Waals surface area (Å²) in [7, 11) is 0. The summed E-state index contributed by atoms with van der Waals surface area (Å²) in [5, 5.41) is 0. The third-order valence-corrected chi connectivity index (χ3v) is 3.60. The molecule has 1 saturated heterocycles. The molecule has 0 atom stereocenters. The minimum Gasteiger partial charge on any atom is -0.368 e. The van der Waals surface area contributed by atoms with Crippen LogP contribution in [0, 0.1) is 0 Å². The number of carbonyl (C=O) groups is 1. The largest absolute Gasteiger partial charge is 0.368 e. The van der Waals surface area contributed by atoms with Crippen LogP contribution in [0.4, 0.5) is 5.69 Å². The van der Waals surface area contributed by atoms with Crippen LogP contribution in [0.5, 0.6) is 0 Å². The minimum atomic E-state index is 0.279. The summed E-state index contributed by atoms with van der Waals surface area (Å²) in [5.74, 6) is 0.279. The van der Waals surface area contributed by atoms with Crippen LogP contribution in [0.15, 0.2) is 30.3 Å². The lowest BCUT2D eigenvalue weighted by molar-refractivity contribution is -0.131. The first-order chi connectivity index (χ1) is 9.31. The van der Waals surface area contributed by atoms with Crippen molar-refractivity contribution in [3.05, 3.63) is 30.3 Å². The molecule has 4 nitrogen and oxygen atoms in total. The number of anilines is 1. The first-order valence-electron chi connectivity index (χ1n) is 7.09. The Morgan fingerprint density at radius 1 is 1.05 bits per heavy atom. The lowest BCUT2D eigenvalue weighted by Crippen LogP contribution is -2.48. The van der Waals surface area contributed by atoms with Crippen molar-refractivity contribution in [2.24, 2.45) is 5.73 Å². The molecule has 0 saturated carbocycles. The van der Waals surface area contributed by atoms with E-state index < -0.39 is 0 Å². The molecule has 0 bridgehead atoms. The number of unbranched alkanes of at least 4 members (excludes halogenated alkanes) is 1. The number of hydrogen-bond acceptors (Lipinski definition) is 3. The zero-order valence-electron chi connectivity index (χ0n) is 11.4. The highest BCUT2D eigenvalue weighted by Gasteiger charge is 2.20. The van der Waals surface area contributed by atoms with E-state index in [1.807, 2.05) is 11.0 Å². The van der Waals surface area contributed by atoms with Crippen LogP contribution >= 0.6 is 0 Å². The Balaban J connectivity index is 1.77. The van der Waals surface area contributed by atoms with Gasteiger partial charge in [-0.25, -0.2) is 0 Å². The molecule has 0 aromatic heterocycles. The van der Waals surface area contributed by atoms with E-state index in [1.54, 1.807) is 0 Å². The second-order valence-electron chi connectivity index (χ2n) is 4.95. The number of rotatable bonds is 5. The molecule has 1 aliphatic heterocycles. The van der Waals surface area contributed by atoms with E-state index in [0.29, 0.717) is 13.0 Å². The standard InChI is InChI=1S/C15H23N3O/c16-9-5-4-8-15(19)18-12-10-17(11-13-18)14-6-2-1-3-7-14/h1-3,6-7H,4-5,8-13,16H2. The van der Waals surface area contributed by atoms with Crippen LogP contribution in [0.3, 0.4) is 0 Å².